The molecule has 0 fully saturated rings. The highest BCUT2D eigenvalue weighted by atomic mass is 32.1. The summed E-state index contributed by atoms with van der Waals surface area (Å²) in [6, 6.07) is 0. The SMILES string of the molecule is CCC(C)CCc1sc2c(c1C(C)CNC)CCCC2. The van der Waals surface area contributed by atoms with Gasteiger partial charge in [0.05, 0.1) is 0 Å². The molecule has 1 N–H and O–H groups in total. The van der Waals surface area contributed by atoms with Crippen LogP contribution in [-0.4, -0.2) is 13.6 Å². The lowest BCUT2D eigenvalue weighted by Gasteiger charge is -2.18. The molecule has 1 aliphatic rings. The van der Waals surface area contributed by atoms with Crippen LogP contribution in [0.5, 0.6) is 0 Å². The van der Waals surface area contributed by atoms with Crippen molar-refractivity contribution in [3.05, 3.63) is 20.9 Å². The standard InChI is InChI=1S/C18H31NS/c1-5-13(2)10-11-17-18(14(3)12-19-4)15-8-6-7-9-16(15)20-17/h13-14,19H,5-12H2,1-4H3. The van der Waals surface area contributed by atoms with Gasteiger partial charge in [0, 0.05) is 16.3 Å². The highest BCUT2D eigenvalue weighted by Crippen LogP contribution is 2.39. The average molecular weight is 294 g/mol. The molecule has 1 aromatic rings. The Hall–Kier alpha value is -0.340. The van der Waals surface area contributed by atoms with Gasteiger partial charge in [0.25, 0.3) is 0 Å². The van der Waals surface area contributed by atoms with Gasteiger partial charge in [-0.2, -0.15) is 0 Å². The van der Waals surface area contributed by atoms with Crippen LogP contribution in [0.15, 0.2) is 0 Å². The van der Waals surface area contributed by atoms with Crippen LogP contribution in [0.25, 0.3) is 0 Å². The number of hydrogen-bond donors (Lipinski definition) is 1. The van der Waals surface area contributed by atoms with Crippen LogP contribution in [0.1, 0.15) is 73.3 Å². The molecule has 2 unspecified atom stereocenters. The summed E-state index contributed by atoms with van der Waals surface area (Å²) in [4.78, 5) is 3.42. The summed E-state index contributed by atoms with van der Waals surface area (Å²) >= 11 is 2.14. The van der Waals surface area contributed by atoms with Crippen LogP contribution >= 0.6 is 11.3 Å². The Morgan fingerprint density at radius 2 is 1.95 bits per heavy atom. The molecule has 114 valence electrons. The lowest BCUT2D eigenvalue weighted by molar-refractivity contribution is 0.516. The largest absolute Gasteiger partial charge is 0.319 e. The predicted molar refractivity (Wildman–Crippen MR) is 91.1 cm³/mol. The minimum absolute atomic E-state index is 0.671. The molecule has 2 rings (SSSR count). The third-order valence-corrected chi connectivity index (χ3v) is 6.22. The monoisotopic (exact) mass is 293 g/mol. The number of likely N-dealkylation sites (N-methyl/N-ethyl adjacent to an activating group) is 1. The molecular weight excluding hydrogens is 262 g/mol. The van der Waals surface area contributed by atoms with Crippen molar-refractivity contribution in [2.45, 2.75) is 71.6 Å². The molecule has 0 saturated carbocycles. The van der Waals surface area contributed by atoms with Crippen molar-refractivity contribution < 1.29 is 0 Å². The smallest absolute Gasteiger partial charge is 0.00863 e. The first-order valence-electron chi connectivity index (χ1n) is 8.45. The van der Waals surface area contributed by atoms with E-state index in [0.717, 1.165) is 12.5 Å². The molecular formula is C18H31NS. The van der Waals surface area contributed by atoms with Gasteiger partial charge in [0.15, 0.2) is 0 Å². The molecule has 0 aromatic carbocycles. The Morgan fingerprint density at radius 1 is 1.20 bits per heavy atom. The molecule has 0 radical (unpaired) electrons. The molecule has 2 atom stereocenters. The number of aryl methyl sites for hydroxylation is 2. The van der Waals surface area contributed by atoms with Crippen molar-refractivity contribution in [1.82, 2.24) is 5.32 Å². The number of fused-ring (bicyclic) bond motifs is 1. The van der Waals surface area contributed by atoms with Crippen molar-refractivity contribution in [2.75, 3.05) is 13.6 Å². The van der Waals surface area contributed by atoms with Gasteiger partial charge in [-0.1, -0.05) is 27.2 Å². The van der Waals surface area contributed by atoms with E-state index in [0.29, 0.717) is 5.92 Å². The molecule has 1 heterocycles. The lowest BCUT2D eigenvalue weighted by atomic mass is 9.87. The summed E-state index contributed by atoms with van der Waals surface area (Å²) in [6.07, 6.45) is 9.44. The maximum Gasteiger partial charge on any atom is 0.00863 e. The summed E-state index contributed by atoms with van der Waals surface area (Å²) < 4.78 is 0. The van der Waals surface area contributed by atoms with E-state index in [1.165, 1.54) is 44.9 Å². The second-order valence-electron chi connectivity index (χ2n) is 6.56. The Morgan fingerprint density at radius 3 is 2.65 bits per heavy atom. The summed E-state index contributed by atoms with van der Waals surface area (Å²) in [5.74, 6) is 1.53. The Bertz CT molecular complexity index is 421. The molecule has 1 aliphatic carbocycles. The van der Waals surface area contributed by atoms with Crippen LogP contribution in [-0.2, 0) is 19.3 Å². The fourth-order valence-electron chi connectivity index (χ4n) is 3.39. The molecule has 20 heavy (non-hydrogen) atoms. The van der Waals surface area contributed by atoms with E-state index in [1.54, 1.807) is 20.9 Å². The Kier molecular flexibility index (Phi) is 6.10. The van der Waals surface area contributed by atoms with Crippen LogP contribution in [0.4, 0.5) is 0 Å². The summed E-state index contributed by atoms with van der Waals surface area (Å²) in [5.41, 5.74) is 3.46. The summed E-state index contributed by atoms with van der Waals surface area (Å²) in [6.45, 7) is 8.22. The van der Waals surface area contributed by atoms with E-state index < -0.39 is 0 Å². The van der Waals surface area contributed by atoms with Crippen LogP contribution in [0.3, 0.4) is 0 Å². The third kappa shape index (κ3) is 3.65. The van der Waals surface area contributed by atoms with E-state index in [9.17, 15) is 0 Å². The van der Waals surface area contributed by atoms with Gasteiger partial charge in [-0.3, -0.25) is 0 Å². The predicted octanol–water partition coefficient (Wildman–Crippen LogP) is 4.93. The summed E-state index contributed by atoms with van der Waals surface area (Å²) in [7, 11) is 2.08. The maximum atomic E-state index is 3.37. The van der Waals surface area contributed by atoms with E-state index in [-0.39, 0.29) is 0 Å². The quantitative estimate of drug-likeness (QED) is 0.751. The normalized spacial score (nSPS) is 17.8. The molecule has 0 aliphatic heterocycles. The zero-order valence-electron chi connectivity index (χ0n) is 13.7. The maximum absolute atomic E-state index is 3.37. The number of nitrogens with one attached hydrogen (secondary N) is 1. The van der Waals surface area contributed by atoms with Gasteiger partial charge in [-0.25, -0.2) is 0 Å². The third-order valence-electron chi connectivity index (χ3n) is 4.85. The second kappa shape index (κ2) is 7.61. The number of hydrogen-bond acceptors (Lipinski definition) is 2. The van der Waals surface area contributed by atoms with E-state index in [2.05, 4.69) is 44.5 Å². The average Bonchev–Trinajstić information content (AvgIpc) is 2.83. The first kappa shape index (κ1) is 16.0. The topological polar surface area (TPSA) is 12.0 Å². The Labute approximate surface area is 129 Å². The van der Waals surface area contributed by atoms with Crippen LogP contribution in [0.2, 0.25) is 0 Å². The van der Waals surface area contributed by atoms with Crippen molar-refractivity contribution in [2.24, 2.45) is 5.92 Å². The van der Waals surface area contributed by atoms with E-state index >= 15 is 0 Å². The minimum atomic E-state index is 0.671. The first-order chi connectivity index (χ1) is 9.67. The highest BCUT2D eigenvalue weighted by molar-refractivity contribution is 7.12. The van der Waals surface area contributed by atoms with Crippen LogP contribution < -0.4 is 5.32 Å². The van der Waals surface area contributed by atoms with Crippen LogP contribution in [0, 0.1) is 5.92 Å². The Balaban J connectivity index is 2.22. The molecule has 0 saturated heterocycles. The highest BCUT2D eigenvalue weighted by Gasteiger charge is 2.23. The molecule has 1 nitrogen and oxygen atoms in total. The lowest BCUT2D eigenvalue weighted by Crippen LogP contribution is -2.17. The van der Waals surface area contributed by atoms with Gasteiger partial charge in [-0.05, 0) is 68.5 Å². The molecule has 0 amide bonds. The first-order valence-corrected chi connectivity index (χ1v) is 9.26. The zero-order chi connectivity index (χ0) is 14.5. The summed E-state index contributed by atoms with van der Waals surface area (Å²) in [5, 5.41) is 3.37. The van der Waals surface area contributed by atoms with Gasteiger partial charge >= 0.3 is 0 Å². The van der Waals surface area contributed by atoms with Gasteiger partial charge in [0.1, 0.15) is 0 Å². The van der Waals surface area contributed by atoms with Gasteiger partial charge < -0.3 is 5.32 Å². The molecule has 2 heteroatoms. The van der Waals surface area contributed by atoms with E-state index in [4.69, 9.17) is 0 Å². The van der Waals surface area contributed by atoms with Gasteiger partial charge in [0.2, 0.25) is 0 Å². The number of rotatable bonds is 7. The minimum Gasteiger partial charge on any atom is -0.319 e. The fourth-order valence-corrected chi connectivity index (χ4v) is 4.93. The van der Waals surface area contributed by atoms with Gasteiger partial charge in [-0.15, -0.1) is 11.3 Å². The van der Waals surface area contributed by atoms with Crippen molar-refractivity contribution in [3.8, 4) is 0 Å². The zero-order valence-corrected chi connectivity index (χ0v) is 14.5. The van der Waals surface area contributed by atoms with E-state index in [1.807, 2.05) is 0 Å². The van der Waals surface area contributed by atoms with Crippen molar-refractivity contribution in [3.63, 3.8) is 0 Å². The number of thiophene rings is 1. The van der Waals surface area contributed by atoms with Crippen molar-refractivity contribution in [1.29, 1.82) is 0 Å². The molecule has 0 spiro atoms. The second-order valence-corrected chi connectivity index (χ2v) is 7.75. The van der Waals surface area contributed by atoms with Crippen molar-refractivity contribution >= 4 is 11.3 Å². The molecule has 1 aromatic heterocycles. The fraction of sp³-hybridized carbons (Fsp3) is 0.778. The molecule has 0 bridgehead atoms.